The van der Waals surface area contributed by atoms with Crippen LogP contribution in [-0.2, 0) is 16.4 Å². The molecule has 6 nitrogen and oxygen atoms in total. The maximum absolute atomic E-state index is 13.0. The summed E-state index contributed by atoms with van der Waals surface area (Å²) in [6.07, 6.45) is 2.80. The first kappa shape index (κ1) is 21.2. The molecule has 0 saturated carbocycles. The van der Waals surface area contributed by atoms with E-state index in [0.29, 0.717) is 30.3 Å². The van der Waals surface area contributed by atoms with E-state index in [1.54, 1.807) is 23.1 Å². The minimum absolute atomic E-state index is 0.0456. The summed E-state index contributed by atoms with van der Waals surface area (Å²) in [5, 5.41) is 0. The van der Waals surface area contributed by atoms with Crippen LogP contribution in [0.2, 0.25) is 0 Å². The van der Waals surface area contributed by atoms with Crippen LogP contribution in [-0.4, -0.2) is 39.4 Å². The molecule has 0 radical (unpaired) electrons. The van der Waals surface area contributed by atoms with Crippen molar-refractivity contribution < 1.29 is 17.9 Å². The molecule has 1 heterocycles. The summed E-state index contributed by atoms with van der Waals surface area (Å²) in [7, 11) is -2.50. The number of benzene rings is 2. The van der Waals surface area contributed by atoms with Gasteiger partial charge in [0.15, 0.2) is 0 Å². The van der Waals surface area contributed by atoms with Gasteiger partial charge in [-0.25, -0.2) is 8.42 Å². The van der Waals surface area contributed by atoms with Gasteiger partial charge in [0.25, 0.3) is 15.9 Å². The van der Waals surface area contributed by atoms with E-state index in [2.05, 4.69) is 11.6 Å². The lowest BCUT2D eigenvalue weighted by Crippen LogP contribution is -2.38. The molecule has 156 valence electrons. The average Bonchev–Trinajstić information content (AvgIpc) is 2.73. The fraction of sp³-hybridized carbons (Fsp3) is 0.409. The number of rotatable bonds is 6. The highest BCUT2D eigenvalue weighted by atomic mass is 32.2. The fourth-order valence-electron chi connectivity index (χ4n) is 3.43. The number of ether oxygens (including phenoxy) is 1. The van der Waals surface area contributed by atoms with E-state index in [4.69, 9.17) is 4.74 Å². The molecule has 1 amide bonds. The third-order valence-electron chi connectivity index (χ3n) is 5.39. The summed E-state index contributed by atoms with van der Waals surface area (Å²) in [6.45, 7) is 5.60. The predicted octanol–water partition coefficient (Wildman–Crippen LogP) is 3.93. The number of nitrogens with zero attached hydrogens (tertiary/aromatic N) is 1. The molecule has 1 aliphatic heterocycles. The van der Waals surface area contributed by atoms with Crippen molar-refractivity contribution in [3.8, 4) is 5.75 Å². The lowest BCUT2D eigenvalue weighted by molar-refractivity contribution is 0.0697. The molecule has 2 aromatic rings. The zero-order chi connectivity index (χ0) is 21.0. The number of nitrogens with one attached hydrogen (secondary N) is 1. The van der Waals surface area contributed by atoms with Crippen molar-refractivity contribution in [3.63, 3.8) is 0 Å². The second-order valence-electron chi connectivity index (χ2n) is 7.50. The summed E-state index contributed by atoms with van der Waals surface area (Å²) >= 11 is 0. The lowest BCUT2D eigenvalue weighted by atomic mass is 9.98. The van der Waals surface area contributed by atoms with Crippen molar-refractivity contribution in [1.29, 1.82) is 0 Å². The standard InChI is InChI=1S/C22H28N2O4S/c1-4-17-5-8-19(9-6-17)23-29(26,27)21-15-18(7-10-20(21)28-3)22(25)24-13-11-16(2)12-14-24/h5-10,15-16,23H,4,11-14H2,1-3H3. The third kappa shape index (κ3) is 4.90. The van der Waals surface area contributed by atoms with Gasteiger partial charge in [0.1, 0.15) is 10.6 Å². The Morgan fingerprint density at radius 1 is 1.14 bits per heavy atom. The molecule has 1 aliphatic rings. The minimum atomic E-state index is -3.92. The largest absolute Gasteiger partial charge is 0.495 e. The van der Waals surface area contributed by atoms with Crippen LogP contribution in [0, 0.1) is 5.92 Å². The molecule has 1 N–H and O–H groups in total. The van der Waals surface area contributed by atoms with Crippen LogP contribution in [0.3, 0.4) is 0 Å². The highest BCUT2D eigenvalue weighted by Crippen LogP contribution is 2.28. The molecule has 0 atom stereocenters. The van der Waals surface area contributed by atoms with Gasteiger partial charge in [-0.1, -0.05) is 26.0 Å². The summed E-state index contributed by atoms with van der Waals surface area (Å²) in [5.74, 6) is 0.656. The molecule has 2 aromatic carbocycles. The van der Waals surface area contributed by atoms with Crippen molar-refractivity contribution in [1.82, 2.24) is 4.90 Å². The van der Waals surface area contributed by atoms with Crippen molar-refractivity contribution in [2.24, 2.45) is 5.92 Å². The number of hydrogen-bond acceptors (Lipinski definition) is 4. The molecule has 1 fully saturated rings. The van der Waals surface area contributed by atoms with Crippen molar-refractivity contribution in [2.75, 3.05) is 24.9 Å². The summed E-state index contributed by atoms with van der Waals surface area (Å²) in [6, 6.07) is 11.8. The zero-order valence-electron chi connectivity index (χ0n) is 17.1. The quantitative estimate of drug-likeness (QED) is 0.774. The Bertz CT molecular complexity index is 963. The second-order valence-corrected chi connectivity index (χ2v) is 9.15. The van der Waals surface area contributed by atoms with Gasteiger partial charge < -0.3 is 9.64 Å². The molecule has 1 saturated heterocycles. The Morgan fingerprint density at radius 2 is 1.79 bits per heavy atom. The topological polar surface area (TPSA) is 75.7 Å². The number of amides is 1. The number of hydrogen-bond donors (Lipinski definition) is 1. The normalized spacial score (nSPS) is 15.2. The van der Waals surface area contributed by atoms with Crippen LogP contribution in [0.1, 0.15) is 42.6 Å². The van der Waals surface area contributed by atoms with Gasteiger partial charge >= 0.3 is 0 Å². The van der Waals surface area contributed by atoms with Crippen LogP contribution in [0.25, 0.3) is 0 Å². The maximum atomic E-state index is 13.0. The second kappa shape index (κ2) is 8.86. The molecule has 29 heavy (non-hydrogen) atoms. The van der Waals surface area contributed by atoms with Crippen LogP contribution in [0.4, 0.5) is 5.69 Å². The average molecular weight is 417 g/mol. The SMILES string of the molecule is CCc1ccc(NS(=O)(=O)c2cc(C(=O)N3CCC(C)CC3)ccc2OC)cc1. The van der Waals surface area contributed by atoms with Crippen molar-refractivity contribution in [3.05, 3.63) is 53.6 Å². The zero-order valence-corrected chi connectivity index (χ0v) is 18.0. The minimum Gasteiger partial charge on any atom is -0.495 e. The van der Waals surface area contributed by atoms with E-state index in [1.807, 2.05) is 19.1 Å². The number of piperidine rings is 1. The Labute approximate surface area is 172 Å². The summed E-state index contributed by atoms with van der Waals surface area (Å²) in [4.78, 5) is 14.6. The van der Waals surface area contributed by atoms with Gasteiger partial charge in [-0.05, 0) is 61.1 Å². The Morgan fingerprint density at radius 3 is 2.38 bits per heavy atom. The molecular weight excluding hydrogens is 388 g/mol. The van der Waals surface area contributed by atoms with Crippen LogP contribution in [0.15, 0.2) is 47.4 Å². The van der Waals surface area contributed by atoms with Crippen molar-refractivity contribution >= 4 is 21.6 Å². The molecule has 0 unspecified atom stereocenters. The monoisotopic (exact) mass is 416 g/mol. The Balaban J connectivity index is 1.88. The van der Waals surface area contributed by atoms with Crippen molar-refractivity contribution in [2.45, 2.75) is 38.0 Å². The Kier molecular flexibility index (Phi) is 6.47. The molecule has 7 heteroatoms. The van der Waals surface area contributed by atoms with Gasteiger partial charge in [0.05, 0.1) is 7.11 Å². The molecule has 0 aliphatic carbocycles. The molecular formula is C22H28N2O4S. The van der Waals surface area contributed by atoms with E-state index < -0.39 is 10.0 Å². The fourth-order valence-corrected chi connectivity index (χ4v) is 4.69. The number of aryl methyl sites for hydroxylation is 1. The highest BCUT2D eigenvalue weighted by molar-refractivity contribution is 7.92. The van der Waals surface area contributed by atoms with Crippen LogP contribution in [0.5, 0.6) is 5.75 Å². The summed E-state index contributed by atoms with van der Waals surface area (Å²) in [5.41, 5.74) is 1.93. The smallest absolute Gasteiger partial charge is 0.265 e. The maximum Gasteiger partial charge on any atom is 0.265 e. The lowest BCUT2D eigenvalue weighted by Gasteiger charge is -2.30. The first-order valence-corrected chi connectivity index (χ1v) is 11.4. The highest BCUT2D eigenvalue weighted by Gasteiger charge is 2.25. The predicted molar refractivity (Wildman–Crippen MR) is 114 cm³/mol. The molecule has 0 spiro atoms. The third-order valence-corrected chi connectivity index (χ3v) is 6.79. The van der Waals surface area contributed by atoms with Gasteiger partial charge in [-0.15, -0.1) is 0 Å². The molecule has 0 aromatic heterocycles. The van der Waals surface area contributed by atoms with E-state index >= 15 is 0 Å². The first-order valence-electron chi connectivity index (χ1n) is 9.93. The van der Waals surface area contributed by atoms with Gasteiger partial charge in [0.2, 0.25) is 0 Å². The van der Waals surface area contributed by atoms with E-state index in [0.717, 1.165) is 24.8 Å². The van der Waals surface area contributed by atoms with Gasteiger partial charge in [0, 0.05) is 24.3 Å². The van der Waals surface area contributed by atoms with Gasteiger partial charge in [-0.2, -0.15) is 0 Å². The van der Waals surface area contributed by atoms with E-state index in [9.17, 15) is 13.2 Å². The number of carbonyl (C=O) groups excluding carboxylic acids is 1. The van der Waals surface area contributed by atoms with E-state index in [1.165, 1.54) is 19.2 Å². The molecule has 0 bridgehead atoms. The molecule has 3 rings (SSSR count). The first-order chi connectivity index (χ1) is 13.8. The number of anilines is 1. The number of methoxy groups -OCH3 is 1. The number of likely N-dealkylation sites (tertiary alicyclic amines) is 1. The van der Waals surface area contributed by atoms with Gasteiger partial charge in [-0.3, -0.25) is 9.52 Å². The Hall–Kier alpha value is -2.54. The number of sulfonamides is 1. The van der Waals surface area contributed by atoms with E-state index in [-0.39, 0.29) is 16.6 Å². The van der Waals surface area contributed by atoms with Crippen LogP contribution >= 0.6 is 0 Å². The van der Waals surface area contributed by atoms with Crippen LogP contribution < -0.4 is 9.46 Å². The number of carbonyl (C=O) groups is 1. The summed E-state index contributed by atoms with van der Waals surface area (Å²) < 4.78 is 33.9.